The lowest BCUT2D eigenvalue weighted by Gasteiger charge is -2.22. The average Bonchev–Trinajstić information content (AvgIpc) is 3.10. The molecule has 0 saturated heterocycles. The van der Waals surface area contributed by atoms with Crippen molar-refractivity contribution in [1.29, 1.82) is 0 Å². The van der Waals surface area contributed by atoms with Crippen molar-refractivity contribution < 1.29 is 9.53 Å². The molecule has 1 atom stereocenters. The summed E-state index contributed by atoms with van der Waals surface area (Å²) in [6.45, 7) is 4.33. The highest BCUT2D eigenvalue weighted by atomic mass is 32.1. The molecule has 1 unspecified atom stereocenters. The van der Waals surface area contributed by atoms with E-state index in [1.54, 1.807) is 25.5 Å². The highest BCUT2D eigenvalue weighted by Crippen LogP contribution is 2.37. The molecule has 0 radical (unpaired) electrons. The first kappa shape index (κ1) is 19.3. The summed E-state index contributed by atoms with van der Waals surface area (Å²) in [7, 11) is 3.26. The normalized spacial score (nSPS) is 12.3. The van der Waals surface area contributed by atoms with Crippen molar-refractivity contribution in [2.24, 2.45) is 5.92 Å². The lowest BCUT2D eigenvalue weighted by atomic mass is 10.0. The third kappa shape index (κ3) is 4.09. The second kappa shape index (κ2) is 8.45. The van der Waals surface area contributed by atoms with E-state index in [4.69, 9.17) is 4.74 Å². The van der Waals surface area contributed by atoms with Gasteiger partial charge in [0.25, 0.3) is 0 Å². The lowest BCUT2D eigenvalue weighted by molar-refractivity contribution is -0.122. The molecule has 2 N–H and O–H groups in total. The number of rotatable bonds is 7. The molecule has 0 aliphatic heterocycles. The van der Waals surface area contributed by atoms with E-state index >= 15 is 0 Å². The molecule has 0 bridgehead atoms. The molecule has 0 spiro atoms. The number of ether oxygens (including phenoxy) is 1. The first-order chi connectivity index (χ1) is 13.0. The molecule has 1 amide bonds. The molecule has 27 heavy (non-hydrogen) atoms. The van der Waals surface area contributed by atoms with Gasteiger partial charge in [-0.25, -0.2) is 9.97 Å². The molecule has 3 rings (SSSR count). The van der Waals surface area contributed by atoms with Crippen LogP contribution in [0, 0.1) is 5.92 Å². The van der Waals surface area contributed by atoms with E-state index in [9.17, 15) is 4.79 Å². The monoisotopic (exact) mass is 384 g/mol. The van der Waals surface area contributed by atoms with Gasteiger partial charge < -0.3 is 15.4 Å². The van der Waals surface area contributed by atoms with Gasteiger partial charge in [0.2, 0.25) is 5.91 Å². The molecule has 2 heterocycles. The van der Waals surface area contributed by atoms with Crippen molar-refractivity contribution >= 4 is 33.3 Å². The molecule has 2 aromatic heterocycles. The van der Waals surface area contributed by atoms with Crippen LogP contribution in [0.5, 0.6) is 0 Å². The molecule has 6 nitrogen and oxygen atoms in total. The zero-order chi connectivity index (χ0) is 19.4. The van der Waals surface area contributed by atoms with E-state index < -0.39 is 6.04 Å². The number of methoxy groups -OCH3 is 1. The summed E-state index contributed by atoms with van der Waals surface area (Å²) in [6.07, 6.45) is 0. The zero-order valence-corrected chi connectivity index (χ0v) is 16.8. The van der Waals surface area contributed by atoms with Gasteiger partial charge in [-0.05, 0) is 11.5 Å². The predicted octanol–water partition coefficient (Wildman–Crippen LogP) is 3.69. The quantitative estimate of drug-likeness (QED) is 0.650. The number of carbonyl (C=O) groups is 1. The minimum atomic E-state index is -0.396. The van der Waals surface area contributed by atoms with Crippen LogP contribution in [0.25, 0.3) is 21.3 Å². The van der Waals surface area contributed by atoms with E-state index in [2.05, 4.69) is 38.1 Å². The Kier molecular flexibility index (Phi) is 6.03. The summed E-state index contributed by atoms with van der Waals surface area (Å²) in [5, 5.41) is 9.10. The number of anilines is 1. The van der Waals surface area contributed by atoms with Crippen LogP contribution in [0.4, 0.5) is 5.82 Å². The number of benzene rings is 1. The van der Waals surface area contributed by atoms with E-state index in [-0.39, 0.29) is 11.8 Å². The van der Waals surface area contributed by atoms with Gasteiger partial charge in [-0.15, -0.1) is 11.3 Å². The van der Waals surface area contributed by atoms with Crippen molar-refractivity contribution in [3.05, 3.63) is 41.5 Å². The summed E-state index contributed by atoms with van der Waals surface area (Å²) in [4.78, 5) is 22.5. The molecule has 0 fully saturated rings. The number of hydrogen-bond donors (Lipinski definition) is 2. The van der Waals surface area contributed by atoms with Crippen LogP contribution in [-0.2, 0) is 16.1 Å². The summed E-state index contributed by atoms with van der Waals surface area (Å²) in [6, 6.07) is 9.73. The Hall–Kier alpha value is -2.51. The maximum atomic E-state index is 12.4. The summed E-state index contributed by atoms with van der Waals surface area (Å²) < 4.78 is 5.22. The second-order valence-corrected chi connectivity index (χ2v) is 7.46. The fraction of sp³-hybridized carbons (Fsp3) is 0.350. The maximum absolute atomic E-state index is 12.4. The minimum absolute atomic E-state index is 0.0680. The Labute approximate surface area is 163 Å². The third-order valence-electron chi connectivity index (χ3n) is 4.33. The first-order valence-electron chi connectivity index (χ1n) is 8.85. The van der Waals surface area contributed by atoms with Crippen LogP contribution in [0.15, 0.2) is 35.7 Å². The van der Waals surface area contributed by atoms with Crippen molar-refractivity contribution in [3.63, 3.8) is 0 Å². The van der Waals surface area contributed by atoms with Gasteiger partial charge in [0.1, 0.15) is 23.3 Å². The Bertz CT molecular complexity index is 924. The van der Waals surface area contributed by atoms with Gasteiger partial charge in [0.05, 0.1) is 5.39 Å². The fourth-order valence-electron chi connectivity index (χ4n) is 2.95. The van der Waals surface area contributed by atoms with Crippen molar-refractivity contribution in [2.75, 3.05) is 19.5 Å². The third-order valence-corrected chi connectivity index (χ3v) is 5.20. The van der Waals surface area contributed by atoms with Crippen molar-refractivity contribution in [3.8, 4) is 11.1 Å². The van der Waals surface area contributed by atoms with Gasteiger partial charge in [-0.2, -0.15) is 0 Å². The summed E-state index contributed by atoms with van der Waals surface area (Å²) >= 11 is 1.57. The number of hydrogen-bond acceptors (Lipinski definition) is 6. The second-order valence-electron chi connectivity index (χ2n) is 6.60. The van der Waals surface area contributed by atoms with Crippen LogP contribution in [0.2, 0.25) is 0 Å². The number of carbonyl (C=O) groups excluding carboxylic acids is 1. The van der Waals surface area contributed by atoms with Crippen molar-refractivity contribution in [1.82, 2.24) is 15.3 Å². The van der Waals surface area contributed by atoms with Crippen LogP contribution in [0.1, 0.15) is 19.7 Å². The molecule has 0 aliphatic rings. The minimum Gasteiger partial charge on any atom is -0.377 e. The van der Waals surface area contributed by atoms with E-state index in [1.165, 1.54) is 0 Å². The lowest BCUT2D eigenvalue weighted by Crippen LogP contribution is -2.41. The molecule has 0 saturated carbocycles. The van der Waals surface area contributed by atoms with Crippen molar-refractivity contribution in [2.45, 2.75) is 26.5 Å². The van der Waals surface area contributed by atoms with Gasteiger partial charge in [-0.1, -0.05) is 44.2 Å². The number of likely N-dealkylation sites (N-methyl/N-ethyl adjacent to an activating group) is 1. The zero-order valence-electron chi connectivity index (χ0n) is 15.9. The van der Waals surface area contributed by atoms with E-state index in [1.807, 2.05) is 32.0 Å². The highest BCUT2D eigenvalue weighted by Gasteiger charge is 2.24. The molecule has 142 valence electrons. The van der Waals surface area contributed by atoms with Gasteiger partial charge in [0.15, 0.2) is 5.82 Å². The Morgan fingerprint density at radius 1 is 1.22 bits per heavy atom. The number of nitrogens with one attached hydrogen (secondary N) is 2. The summed E-state index contributed by atoms with van der Waals surface area (Å²) in [5.41, 5.74) is 2.15. The largest absolute Gasteiger partial charge is 0.377 e. The van der Waals surface area contributed by atoms with Crippen LogP contribution in [0.3, 0.4) is 0 Å². The smallest absolute Gasteiger partial charge is 0.242 e. The number of fused-ring (bicyclic) bond motifs is 1. The Morgan fingerprint density at radius 2 is 1.96 bits per heavy atom. The Morgan fingerprint density at radius 3 is 2.59 bits per heavy atom. The highest BCUT2D eigenvalue weighted by molar-refractivity contribution is 7.17. The van der Waals surface area contributed by atoms with Gasteiger partial charge in [0, 0.05) is 25.1 Å². The molecule has 0 aliphatic carbocycles. The fourth-order valence-corrected chi connectivity index (χ4v) is 3.92. The number of aromatic nitrogens is 2. The van der Waals surface area contributed by atoms with E-state index in [0.29, 0.717) is 18.2 Å². The van der Waals surface area contributed by atoms with Gasteiger partial charge >= 0.3 is 0 Å². The standard InChI is InChI=1S/C20H24N4O2S/c1-12(2)17(19(25)21-3)24-18-16-14(13-8-6-5-7-9-13)11-27-20(16)23-15(22-18)10-26-4/h5-9,11-12,17H,10H2,1-4H3,(H,21,25)(H,22,23,24). The molecular formula is C20H24N4O2S. The molecule has 3 aromatic rings. The van der Waals surface area contributed by atoms with Crippen LogP contribution >= 0.6 is 11.3 Å². The van der Waals surface area contributed by atoms with E-state index in [0.717, 1.165) is 21.3 Å². The number of amides is 1. The molecular weight excluding hydrogens is 360 g/mol. The van der Waals surface area contributed by atoms with Gasteiger partial charge in [-0.3, -0.25) is 4.79 Å². The van der Waals surface area contributed by atoms with Crippen LogP contribution < -0.4 is 10.6 Å². The predicted molar refractivity (Wildman–Crippen MR) is 110 cm³/mol. The first-order valence-corrected chi connectivity index (χ1v) is 9.73. The molecule has 7 heteroatoms. The Balaban J connectivity index is 2.15. The molecule has 1 aromatic carbocycles. The maximum Gasteiger partial charge on any atom is 0.242 e. The number of thiophene rings is 1. The average molecular weight is 385 g/mol. The van der Waals surface area contributed by atoms with Crippen LogP contribution in [-0.4, -0.2) is 36.1 Å². The SMILES string of the molecule is CNC(=O)C(Nc1nc(COC)nc2scc(-c3ccccc3)c12)C(C)C. The summed E-state index contributed by atoms with van der Waals surface area (Å²) in [5.74, 6) is 1.28. The topological polar surface area (TPSA) is 76.1 Å². The number of nitrogens with zero attached hydrogens (tertiary/aromatic N) is 2.